The molecule has 0 amide bonds. The topological polar surface area (TPSA) is 30.0 Å². The lowest BCUT2D eigenvalue weighted by Gasteiger charge is -2.06. The Morgan fingerprint density at radius 2 is 1.90 bits per heavy atom. The molecule has 21 heavy (non-hydrogen) atoms. The third kappa shape index (κ3) is 2.72. The average molecular weight is 344 g/mol. The molecule has 1 heterocycles. The number of hydrogen-bond acceptors (Lipinski definition) is 2. The second kappa shape index (κ2) is 5.37. The fourth-order valence-corrected chi connectivity index (χ4v) is 2.62. The van der Waals surface area contributed by atoms with Gasteiger partial charge < -0.3 is 0 Å². The largest absolute Gasteiger partial charge is 0.289 e. The molecule has 3 aromatic rings. The van der Waals surface area contributed by atoms with Gasteiger partial charge >= 0.3 is 0 Å². The molecule has 0 N–H and O–H groups in total. The first-order valence-electron chi connectivity index (χ1n) is 6.42. The number of nitrogens with zero attached hydrogens (tertiary/aromatic N) is 1. The van der Waals surface area contributed by atoms with Crippen molar-refractivity contribution in [3.05, 3.63) is 75.6 Å². The number of pyridine rings is 1. The second-order valence-corrected chi connectivity index (χ2v) is 5.67. The van der Waals surface area contributed by atoms with E-state index in [1.165, 1.54) is 18.2 Å². The van der Waals surface area contributed by atoms with Crippen molar-refractivity contribution < 1.29 is 9.18 Å². The Morgan fingerprint density at radius 3 is 2.71 bits per heavy atom. The van der Waals surface area contributed by atoms with E-state index >= 15 is 0 Å². The Bertz CT molecular complexity index is 861. The molecule has 0 atom stereocenters. The zero-order valence-corrected chi connectivity index (χ0v) is 12.8. The Kier molecular flexibility index (Phi) is 3.55. The van der Waals surface area contributed by atoms with Crippen molar-refractivity contribution in [2.45, 2.75) is 6.92 Å². The van der Waals surface area contributed by atoms with Gasteiger partial charge in [0.05, 0.1) is 5.52 Å². The molecule has 0 spiro atoms. The summed E-state index contributed by atoms with van der Waals surface area (Å²) in [7, 11) is 0. The first-order valence-corrected chi connectivity index (χ1v) is 7.21. The van der Waals surface area contributed by atoms with Gasteiger partial charge in [0.2, 0.25) is 0 Å². The smallest absolute Gasteiger partial charge is 0.194 e. The molecule has 1 aromatic heterocycles. The molecule has 0 bridgehead atoms. The molecule has 2 nitrogen and oxygen atoms in total. The minimum atomic E-state index is -0.431. The number of carbonyl (C=O) groups excluding carboxylic acids is 1. The van der Waals surface area contributed by atoms with E-state index in [0.29, 0.717) is 15.6 Å². The predicted octanol–water partition coefficient (Wildman–Crippen LogP) is 4.68. The molecular weight excluding hydrogens is 333 g/mol. The predicted molar refractivity (Wildman–Crippen MR) is 84.0 cm³/mol. The van der Waals surface area contributed by atoms with Crippen molar-refractivity contribution in [2.24, 2.45) is 0 Å². The van der Waals surface area contributed by atoms with Crippen LogP contribution in [0.2, 0.25) is 0 Å². The second-order valence-electron chi connectivity index (χ2n) is 4.81. The lowest BCUT2D eigenvalue weighted by atomic mass is 10.0. The summed E-state index contributed by atoms with van der Waals surface area (Å²) in [6, 6.07) is 13.2. The van der Waals surface area contributed by atoms with Crippen molar-refractivity contribution in [1.29, 1.82) is 0 Å². The summed E-state index contributed by atoms with van der Waals surface area (Å²) in [6.45, 7) is 1.92. The summed E-state index contributed by atoms with van der Waals surface area (Å²) in [5, 5.41) is 0.888. The molecule has 4 heteroatoms. The van der Waals surface area contributed by atoms with Crippen LogP contribution in [0.25, 0.3) is 10.9 Å². The van der Waals surface area contributed by atoms with Gasteiger partial charge in [-0.1, -0.05) is 22.0 Å². The molecule has 0 unspecified atom stereocenters. The van der Waals surface area contributed by atoms with Gasteiger partial charge in [0.15, 0.2) is 5.78 Å². The maximum absolute atomic E-state index is 13.3. The van der Waals surface area contributed by atoms with Crippen molar-refractivity contribution >= 4 is 32.6 Å². The highest BCUT2D eigenvalue weighted by Gasteiger charge is 2.14. The lowest BCUT2D eigenvalue weighted by Crippen LogP contribution is -2.03. The van der Waals surface area contributed by atoms with Crippen LogP contribution in [0.3, 0.4) is 0 Å². The molecule has 2 aromatic carbocycles. The number of rotatable bonds is 2. The Morgan fingerprint density at radius 1 is 1.10 bits per heavy atom. The number of aryl methyl sites for hydroxylation is 1. The fourth-order valence-electron chi connectivity index (χ4n) is 2.20. The van der Waals surface area contributed by atoms with E-state index in [2.05, 4.69) is 20.9 Å². The molecule has 0 aliphatic rings. The quantitative estimate of drug-likeness (QED) is 0.632. The van der Waals surface area contributed by atoms with Gasteiger partial charge in [-0.3, -0.25) is 9.78 Å². The molecule has 0 radical (unpaired) electrons. The Balaban J connectivity index is 2.09. The van der Waals surface area contributed by atoms with Crippen LogP contribution < -0.4 is 0 Å². The minimum Gasteiger partial charge on any atom is -0.289 e. The zero-order chi connectivity index (χ0) is 15.0. The molecule has 0 fully saturated rings. The summed E-state index contributed by atoms with van der Waals surface area (Å²) in [6.07, 6.45) is 0. The van der Waals surface area contributed by atoms with E-state index in [0.717, 1.165) is 16.6 Å². The van der Waals surface area contributed by atoms with Gasteiger partial charge in [-0.2, -0.15) is 0 Å². The van der Waals surface area contributed by atoms with E-state index in [-0.39, 0.29) is 5.78 Å². The zero-order valence-electron chi connectivity index (χ0n) is 11.2. The molecule has 104 valence electrons. The first-order chi connectivity index (χ1) is 10.0. The van der Waals surface area contributed by atoms with Crippen molar-refractivity contribution in [1.82, 2.24) is 4.98 Å². The van der Waals surface area contributed by atoms with E-state index in [4.69, 9.17) is 0 Å². The van der Waals surface area contributed by atoms with Crippen LogP contribution in [-0.4, -0.2) is 10.8 Å². The van der Waals surface area contributed by atoms with Crippen molar-refractivity contribution in [3.8, 4) is 0 Å². The minimum absolute atomic E-state index is 0.219. The third-order valence-corrected chi connectivity index (χ3v) is 3.96. The third-order valence-electron chi connectivity index (χ3n) is 3.26. The highest BCUT2D eigenvalue weighted by atomic mass is 79.9. The van der Waals surface area contributed by atoms with E-state index < -0.39 is 5.82 Å². The summed E-state index contributed by atoms with van der Waals surface area (Å²) >= 11 is 3.29. The number of fused-ring (bicyclic) bond motifs is 1. The standard InChI is InChI=1S/C17H11BrFNO/c1-10-2-3-11-8-12(4-7-16(11)20-10)17(21)14-9-13(19)5-6-15(14)18/h2-9H,1H3. The molecule has 0 saturated heterocycles. The number of benzene rings is 2. The van der Waals surface area contributed by atoms with Gasteiger partial charge in [-0.15, -0.1) is 0 Å². The highest BCUT2D eigenvalue weighted by Crippen LogP contribution is 2.23. The maximum Gasteiger partial charge on any atom is 0.194 e. The summed E-state index contributed by atoms with van der Waals surface area (Å²) in [5.74, 6) is -0.650. The van der Waals surface area contributed by atoms with Gasteiger partial charge in [0.25, 0.3) is 0 Å². The number of ketones is 1. The number of hydrogen-bond donors (Lipinski definition) is 0. The average Bonchev–Trinajstić information content (AvgIpc) is 2.48. The SMILES string of the molecule is Cc1ccc2cc(C(=O)c3cc(F)ccc3Br)ccc2n1. The van der Waals surface area contributed by atoms with E-state index in [1.807, 2.05) is 25.1 Å². The Hall–Kier alpha value is -2.07. The number of halogens is 2. The first kappa shape index (κ1) is 13.9. The van der Waals surface area contributed by atoms with Crippen molar-refractivity contribution in [2.75, 3.05) is 0 Å². The number of aromatic nitrogens is 1. The normalized spacial score (nSPS) is 10.8. The van der Waals surface area contributed by atoms with Gasteiger partial charge in [-0.25, -0.2) is 4.39 Å². The van der Waals surface area contributed by atoms with Crippen LogP contribution in [-0.2, 0) is 0 Å². The summed E-state index contributed by atoms with van der Waals surface area (Å²) in [5.41, 5.74) is 2.59. The number of carbonyl (C=O) groups is 1. The summed E-state index contributed by atoms with van der Waals surface area (Å²) < 4.78 is 13.9. The van der Waals surface area contributed by atoms with Crippen LogP contribution in [0.5, 0.6) is 0 Å². The van der Waals surface area contributed by atoms with E-state index in [9.17, 15) is 9.18 Å². The molecule has 0 saturated carbocycles. The van der Waals surface area contributed by atoms with Crippen LogP contribution >= 0.6 is 15.9 Å². The van der Waals surface area contributed by atoms with Crippen LogP contribution in [0.15, 0.2) is 53.0 Å². The monoisotopic (exact) mass is 343 g/mol. The van der Waals surface area contributed by atoms with Gasteiger partial charge in [0, 0.05) is 26.7 Å². The van der Waals surface area contributed by atoms with Crippen LogP contribution in [0.4, 0.5) is 4.39 Å². The molecule has 0 aliphatic carbocycles. The Labute approximate surface area is 129 Å². The molecule has 3 rings (SSSR count). The molecule has 0 aliphatic heterocycles. The fraction of sp³-hybridized carbons (Fsp3) is 0.0588. The van der Waals surface area contributed by atoms with Gasteiger partial charge in [-0.05, 0) is 49.4 Å². The van der Waals surface area contributed by atoms with Crippen LogP contribution in [0, 0.1) is 12.7 Å². The van der Waals surface area contributed by atoms with E-state index in [1.54, 1.807) is 12.1 Å². The molecular formula is C17H11BrFNO. The maximum atomic E-state index is 13.3. The lowest BCUT2D eigenvalue weighted by molar-refractivity contribution is 0.103. The highest BCUT2D eigenvalue weighted by molar-refractivity contribution is 9.10. The summed E-state index contributed by atoms with van der Waals surface area (Å²) in [4.78, 5) is 16.9. The van der Waals surface area contributed by atoms with Gasteiger partial charge in [0.1, 0.15) is 5.82 Å². The van der Waals surface area contributed by atoms with Crippen molar-refractivity contribution in [3.63, 3.8) is 0 Å². The van der Waals surface area contributed by atoms with Crippen LogP contribution in [0.1, 0.15) is 21.6 Å².